The van der Waals surface area contributed by atoms with Crippen molar-refractivity contribution < 1.29 is 26.6 Å². The number of benzene rings is 1. The molecule has 0 bridgehead atoms. The third-order valence-corrected chi connectivity index (χ3v) is 3.42. The standard InChI is InChI=1S/C10H14IN2O/c1-13(11-12)14-10-6-5-8-3-2-4-9(8)7-10/h5-7H,2-4,12H2,1H3/q-1. The zero-order valence-electron chi connectivity index (χ0n) is 8.16. The van der Waals surface area contributed by atoms with Crippen LogP contribution < -0.4 is 30.5 Å². The molecule has 1 aliphatic carbocycles. The molecule has 0 heterocycles. The maximum absolute atomic E-state index is 5.55. The molecule has 0 fully saturated rings. The molecule has 0 spiro atoms. The topological polar surface area (TPSA) is 38.5 Å². The number of halogens is 1. The normalized spacial score (nSPS) is 14.8. The Kier molecular flexibility index (Phi) is 3.25. The molecule has 78 valence electrons. The number of nitrogens with zero attached hydrogens (tertiary/aromatic N) is 1. The van der Waals surface area contributed by atoms with Crippen LogP contribution in [0.4, 0.5) is 0 Å². The van der Waals surface area contributed by atoms with E-state index in [2.05, 4.69) is 12.1 Å². The van der Waals surface area contributed by atoms with Gasteiger partial charge in [-0.2, -0.15) is 0 Å². The van der Waals surface area contributed by atoms with E-state index in [0.29, 0.717) is 0 Å². The minimum atomic E-state index is -0.477. The molecule has 0 amide bonds. The summed E-state index contributed by atoms with van der Waals surface area (Å²) < 4.78 is 7.28. The molecule has 1 aliphatic rings. The molecule has 3 nitrogen and oxygen atoms in total. The van der Waals surface area contributed by atoms with Crippen molar-refractivity contribution in [2.45, 2.75) is 19.3 Å². The minimum absolute atomic E-state index is 0.477. The van der Waals surface area contributed by atoms with Crippen LogP contribution in [0.2, 0.25) is 0 Å². The number of hydrogen-bond donors (Lipinski definition) is 1. The molecular weight excluding hydrogens is 291 g/mol. The predicted octanol–water partition coefficient (Wildman–Crippen LogP) is -1.72. The SMILES string of the molecule is CN(Oc1ccc2c(c1)CCC2)[I-]N. The summed E-state index contributed by atoms with van der Waals surface area (Å²) in [5.41, 5.74) is 2.91. The summed E-state index contributed by atoms with van der Waals surface area (Å²) in [6.45, 7) is 0. The van der Waals surface area contributed by atoms with Gasteiger partial charge in [0.2, 0.25) is 0 Å². The molecule has 0 aliphatic heterocycles. The van der Waals surface area contributed by atoms with Crippen LogP contribution in [-0.2, 0) is 12.8 Å². The van der Waals surface area contributed by atoms with Crippen molar-refractivity contribution in [3.63, 3.8) is 0 Å². The predicted molar refractivity (Wildman–Crippen MR) is 51.0 cm³/mol. The van der Waals surface area contributed by atoms with Crippen molar-refractivity contribution in [2.75, 3.05) is 7.05 Å². The number of hydroxylamine groups is 1. The van der Waals surface area contributed by atoms with E-state index in [1.54, 1.807) is 3.28 Å². The quantitative estimate of drug-likeness (QED) is 0.410. The van der Waals surface area contributed by atoms with Crippen molar-refractivity contribution in [2.24, 2.45) is 3.95 Å². The summed E-state index contributed by atoms with van der Waals surface area (Å²) in [6.07, 6.45) is 3.68. The van der Waals surface area contributed by atoms with Gasteiger partial charge in [-0.25, -0.2) is 0 Å². The van der Waals surface area contributed by atoms with Crippen LogP contribution in [0.25, 0.3) is 0 Å². The Hall–Kier alpha value is -0.330. The second kappa shape index (κ2) is 4.46. The van der Waals surface area contributed by atoms with Crippen LogP contribution in [-0.4, -0.2) is 10.3 Å². The van der Waals surface area contributed by atoms with E-state index in [4.69, 9.17) is 8.78 Å². The Morgan fingerprint density at radius 3 is 2.93 bits per heavy atom. The van der Waals surface area contributed by atoms with Gasteiger partial charge in [0.1, 0.15) is 0 Å². The van der Waals surface area contributed by atoms with E-state index in [1.165, 1.54) is 30.4 Å². The summed E-state index contributed by atoms with van der Waals surface area (Å²) in [5, 5.41) is 0. The van der Waals surface area contributed by atoms with Crippen LogP contribution in [0.3, 0.4) is 0 Å². The van der Waals surface area contributed by atoms with Gasteiger partial charge in [0.05, 0.1) is 0 Å². The summed E-state index contributed by atoms with van der Waals surface area (Å²) in [5.74, 6) is 0.915. The molecule has 0 radical (unpaired) electrons. The molecule has 2 N–H and O–H groups in total. The second-order valence-corrected chi connectivity index (χ2v) is 5.31. The van der Waals surface area contributed by atoms with Crippen LogP contribution in [0, 0.1) is 0 Å². The summed E-state index contributed by atoms with van der Waals surface area (Å²) in [4.78, 5) is 5.55. The van der Waals surface area contributed by atoms with E-state index >= 15 is 0 Å². The van der Waals surface area contributed by atoms with Gasteiger partial charge in [-0.05, 0) is 0 Å². The van der Waals surface area contributed by atoms with Crippen molar-refractivity contribution >= 4 is 0 Å². The van der Waals surface area contributed by atoms with Crippen molar-refractivity contribution in [1.29, 1.82) is 0 Å². The van der Waals surface area contributed by atoms with Crippen molar-refractivity contribution in [1.82, 2.24) is 3.28 Å². The Bertz CT molecular complexity index is 330. The molecule has 0 saturated carbocycles. The monoisotopic (exact) mass is 305 g/mol. The molecule has 14 heavy (non-hydrogen) atoms. The van der Waals surface area contributed by atoms with E-state index in [0.717, 1.165) is 5.75 Å². The van der Waals surface area contributed by atoms with Gasteiger partial charge in [-0.1, -0.05) is 0 Å². The average molecular weight is 305 g/mol. The van der Waals surface area contributed by atoms with Crippen molar-refractivity contribution in [3.05, 3.63) is 29.3 Å². The Labute approximate surface area is 95.2 Å². The third-order valence-electron chi connectivity index (χ3n) is 2.44. The van der Waals surface area contributed by atoms with Gasteiger partial charge in [0.15, 0.2) is 0 Å². The molecule has 0 aromatic heterocycles. The summed E-state index contributed by atoms with van der Waals surface area (Å²) in [6, 6.07) is 6.33. The number of fused-ring (bicyclic) bond motifs is 1. The first-order chi connectivity index (χ1) is 6.79. The van der Waals surface area contributed by atoms with E-state index in [9.17, 15) is 0 Å². The van der Waals surface area contributed by atoms with Gasteiger partial charge in [0.25, 0.3) is 0 Å². The first-order valence-corrected chi connectivity index (χ1v) is 6.88. The molecule has 0 atom stereocenters. The Morgan fingerprint density at radius 1 is 1.36 bits per heavy atom. The van der Waals surface area contributed by atoms with Crippen LogP contribution in [0.5, 0.6) is 5.75 Å². The van der Waals surface area contributed by atoms with E-state index in [-0.39, 0.29) is 0 Å². The van der Waals surface area contributed by atoms with Gasteiger partial charge < -0.3 is 0 Å². The van der Waals surface area contributed by atoms with Gasteiger partial charge in [-0.15, -0.1) is 0 Å². The fourth-order valence-corrected chi connectivity index (χ4v) is 2.11. The number of aryl methyl sites for hydroxylation is 2. The molecule has 4 heteroatoms. The Balaban J connectivity index is 2.12. The van der Waals surface area contributed by atoms with Gasteiger partial charge in [0, 0.05) is 0 Å². The fraction of sp³-hybridized carbons (Fsp3) is 0.400. The first kappa shape index (κ1) is 10.2. The Morgan fingerprint density at radius 2 is 2.14 bits per heavy atom. The van der Waals surface area contributed by atoms with Gasteiger partial charge in [-0.3, -0.25) is 0 Å². The third kappa shape index (κ3) is 2.18. The zero-order chi connectivity index (χ0) is 9.97. The van der Waals surface area contributed by atoms with Crippen LogP contribution >= 0.6 is 0 Å². The second-order valence-electron chi connectivity index (χ2n) is 3.39. The molecule has 2 rings (SSSR count). The average Bonchev–Trinajstić information content (AvgIpc) is 2.64. The molecular formula is C10H14IN2O-. The van der Waals surface area contributed by atoms with E-state index in [1.807, 2.05) is 13.1 Å². The summed E-state index contributed by atoms with van der Waals surface area (Å²) in [7, 11) is 1.88. The number of rotatable bonds is 3. The number of nitrogens with two attached hydrogens (primary N) is 1. The molecule has 0 unspecified atom stereocenters. The summed E-state index contributed by atoms with van der Waals surface area (Å²) >= 11 is -0.477. The molecule has 0 saturated heterocycles. The van der Waals surface area contributed by atoms with E-state index < -0.39 is 21.8 Å². The first-order valence-electron chi connectivity index (χ1n) is 4.67. The molecule has 1 aromatic carbocycles. The zero-order valence-corrected chi connectivity index (χ0v) is 10.3. The maximum atomic E-state index is 5.55. The number of hydrogen-bond acceptors (Lipinski definition) is 3. The van der Waals surface area contributed by atoms with Crippen LogP contribution in [0.1, 0.15) is 17.5 Å². The fourth-order valence-electron chi connectivity index (χ4n) is 1.77. The van der Waals surface area contributed by atoms with Crippen LogP contribution in [0.15, 0.2) is 18.2 Å². The molecule has 1 aromatic rings. The van der Waals surface area contributed by atoms with Gasteiger partial charge >= 0.3 is 95.2 Å². The van der Waals surface area contributed by atoms with Crippen molar-refractivity contribution in [3.8, 4) is 5.75 Å².